The van der Waals surface area contributed by atoms with Crippen molar-refractivity contribution >= 4 is 11.8 Å². The number of aromatic nitrogens is 2. The molecule has 3 N–H and O–H groups in total. The van der Waals surface area contributed by atoms with Crippen LogP contribution in [0, 0.1) is 0 Å². The number of nitrogens with zero attached hydrogens (tertiary/aromatic N) is 3. The van der Waals surface area contributed by atoms with Crippen LogP contribution in [-0.2, 0) is 0 Å². The van der Waals surface area contributed by atoms with Gasteiger partial charge in [0.1, 0.15) is 5.84 Å². The molecule has 0 aliphatic rings. The lowest BCUT2D eigenvalue weighted by Gasteiger charge is -1.97. The number of anilines is 1. The average Bonchev–Trinajstić information content (AvgIpc) is 2.16. The second kappa shape index (κ2) is 4.27. The summed E-state index contributed by atoms with van der Waals surface area (Å²) in [6, 6.07) is 1.73. The Morgan fingerprint density at radius 3 is 2.83 bits per heavy atom. The molecule has 0 atom stereocenters. The second-order valence-corrected chi connectivity index (χ2v) is 2.14. The molecule has 1 rings (SSSR count). The van der Waals surface area contributed by atoms with Crippen LogP contribution in [-0.4, -0.2) is 15.8 Å². The number of amidine groups is 1. The minimum Gasteiger partial charge on any atom is -0.386 e. The molecule has 1 aromatic heterocycles. The van der Waals surface area contributed by atoms with Crippen LogP contribution >= 0.6 is 0 Å². The Balaban J connectivity index is 2.54. The fraction of sp³-hybridized carbons (Fsp3) is 0.286. The van der Waals surface area contributed by atoms with E-state index in [1.54, 1.807) is 18.5 Å². The number of hydrogen-bond donors (Lipinski definition) is 2. The molecule has 12 heavy (non-hydrogen) atoms. The van der Waals surface area contributed by atoms with E-state index in [9.17, 15) is 0 Å². The highest BCUT2D eigenvalue weighted by Gasteiger charge is 1.89. The third-order valence-corrected chi connectivity index (χ3v) is 1.23. The van der Waals surface area contributed by atoms with Gasteiger partial charge in [-0.3, -0.25) is 0 Å². The van der Waals surface area contributed by atoms with Crippen LogP contribution in [0.1, 0.15) is 13.3 Å². The Kier molecular flexibility index (Phi) is 3.01. The number of hydrogen-bond acceptors (Lipinski definition) is 4. The second-order valence-electron chi connectivity index (χ2n) is 2.14. The molecule has 0 amide bonds. The number of nitrogens with one attached hydrogen (secondary N) is 1. The Morgan fingerprint density at radius 1 is 1.58 bits per heavy atom. The van der Waals surface area contributed by atoms with Gasteiger partial charge in [-0.05, 0) is 6.07 Å². The monoisotopic (exact) mass is 165 g/mol. The fourth-order valence-electron chi connectivity index (χ4n) is 0.558. The standard InChI is InChI=1S/C7H11N5/c1-2-6(8)11-12-7-9-4-3-5-10-7/h3-5H,2H2,1H3,(H2,8,11)(H,9,10,12). The summed E-state index contributed by atoms with van der Waals surface area (Å²) in [5, 5.41) is 3.83. The summed E-state index contributed by atoms with van der Waals surface area (Å²) in [4.78, 5) is 7.80. The Labute approximate surface area is 70.7 Å². The first-order valence-electron chi connectivity index (χ1n) is 3.68. The van der Waals surface area contributed by atoms with Crippen LogP contribution in [0.2, 0.25) is 0 Å². The van der Waals surface area contributed by atoms with E-state index < -0.39 is 0 Å². The number of hydrazone groups is 1. The molecule has 5 heteroatoms. The molecule has 0 aliphatic carbocycles. The third kappa shape index (κ3) is 2.53. The molecule has 0 spiro atoms. The Bertz CT molecular complexity index is 256. The largest absolute Gasteiger partial charge is 0.386 e. The summed E-state index contributed by atoms with van der Waals surface area (Å²) >= 11 is 0. The normalized spacial score (nSPS) is 11.2. The van der Waals surface area contributed by atoms with Crippen molar-refractivity contribution in [3.05, 3.63) is 18.5 Å². The highest BCUT2D eigenvalue weighted by atomic mass is 15.4. The number of rotatable bonds is 3. The molecule has 0 saturated carbocycles. The van der Waals surface area contributed by atoms with Gasteiger partial charge in [-0.1, -0.05) is 6.92 Å². The molecule has 0 radical (unpaired) electrons. The molecule has 1 heterocycles. The van der Waals surface area contributed by atoms with Crippen LogP contribution < -0.4 is 11.2 Å². The van der Waals surface area contributed by atoms with Crippen LogP contribution in [0.4, 0.5) is 5.95 Å². The van der Waals surface area contributed by atoms with Gasteiger partial charge in [0.15, 0.2) is 0 Å². The fourth-order valence-corrected chi connectivity index (χ4v) is 0.558. The van der Waals surface area contributed by atoms with Crippen molar-refractivity contribution in [3.63, 3.8) is 0 Å². The predicted molar refractivity (Wildman–Crippen MR) is 47.6 cm³/mol. The topological polar surface area (TPSA) is 76.2 Å². The molecule has 1 aromatic rings. The summed E-state index contributed by atoms with van der Waals surface area (Å²) in [7, 11) is 0. The van der Waals surface area contributed by atoms with E-state index in [2.05, 4.69) is 20.5 Å². The molecular formula is C7H11N5. The summed E-state index contributed by atoms with van der Waals surface area (Å²) < 4.78 is 0. The van der Waals surface area contributed by atoms with Gasteiger partial charge in [0.25, 0.3) is 0 Å². The molecule has 0 aromatic carbocycles. The van der Waals surface area contributed by atoms with Crippen molar-refractivity contribution in [1.29, 1.82) is 0 Å². The first-order valence-corrected chi connectivity index (χ1v) is 3.68. The van der Waals surface area contributed by atoms with E-state index >= 15 is 0 Å². The van der Waals surface area contributed by atoms with Crippen molar-refractivity contribution in [2.45, 2.75) is 13.3 Å². The van der Waals surface area contributed by atoms with Crippen molar-refractivity contribution in [3.8, 4) is 0 Å². The van der Waals surface area contributed by atoms with E-state index in [-0.39, 0.29) is 0 Å². The van der Waals surface area contributed by atoms with E-state index in [1.165, 1.54) is 0 Å². The van der Waals surface area contributed by atoms with Crippen molar-refractivity contribution in [1.82, 2.24) is 9.97 Å². The summed E-state index contributed by atoms with van der Waals surface area (Å²) in [6.45, 7) is 1.92. The third-order valence-electron chi connectivity index (χ3n) is 1.23. The summed E-state index contributed by atoms with van der Waals surface area (Å²) in [5.74, 6) is 0.983. The van der Waals surface area contributed by atoms with Crippen LogP contribution in [0.25, 0.3) is 0 Å². The van der Waals surface area contributed by atoms with E-state index in [1.807, 2.05) is 6.92 Å². The quantitative estimate of drug-likeness (QED) is 0.390. The molecule has 5 nitrogen and oxygen atoms in total. The summed E-state index contributed by atoms with van der Waals surface area (Å²) in [5.41, 5.74) is 8.09. The predicted octanol–water partition coefficient (Wildman–Crippen LogP) is 0.571. The number of nitrogens with two attached hydrogens (primary N) is 1. The maximum Gasteiger partial charge on any atom is 0.243 e. The smallest absolute Gasteiger partial charge is 0.243 e. The van der Waals surface area contributed by atoms with Gasteiger partial charge in [-0.25, -0.2) is 15.4 Å². The van der Waals surface area contributed by atoms with E-state index in [0.29, 0.717) is 18.2 Å². The molecular weight excluding hydrogens is 154 g/mol. The highest BCUT2D eigenvalue weighted by Crippen LogP contribution is 1.92. The van der Waals surface area contributed by atoms with Gasteiger partial charge in [-0.15, -0.1) is 0 Å². The zero-order valence-electron chi connectivity index (χ0n) is 6.86. The zero-order chi connectivity index (χ0) is 8.81. The van der Waals surface area contributed by atoms with Crippen LogP contribution in [0.5, 0.6) is 0 Å². The summed E-state index contributed by atoms with van der Waals surface area (Å²) in [6.07, 6.45) is 3.97. The molecule has 0 unspecified atom stereocenters. The van der Waals surface area contributed by atoms with Crippen molar-refractivity contribution < 1.29 is 0 Å². The van der Waals surface area contributed by atoms with Crippen LogP contribution in [0.3, 0.4) is 0 Å². The van der Waals surface area contributed by atoms with E-state index in [0.717, 1.165) is 0 Å². The molecule has 0 fully saturated rings. The Hall–Kier alpha value is -1.65. The minimum absolute atomic E-state index is 0.453. The molecule has 0 aliphatic heterocycles. The van der Waals surface area contributed by atoms with Crippen molar-refractivity contribution in [2.24, 2.45) is 10.8 Å². The van der Waals surface area contributed by atoms with Gasteiger partial charge in [-0.2, -0.15) is 5.10 Å². The first-order chi connectivity index (χ1) is 5.83. The van der Waals surface area contributed by atoms with Crippen LogP contribution in [0.15, 0.2) is 23.6 Å². The molecule has 0 saturated heterocycles. The minimum atomic E-state index is 0.453. The Morgan fingerprint density at radius 2 is 2.25 bits per heavy atom. The lowest BCUT2D eigenvalue weighted by molar-refractivity contribution is 1.10. The van der Waals surface area contributed by atoms with Gasteiger partial charge in [0, 0.05) is 18.8 Å². The van der Waals surface area contributed by atoms with Gasteiger partial charge in [0.2, 0.25) is 5.95 Å². The highest BCUT2D eigenvalue weighted by molar-refractivity contribution is 5.80. The maximum atomic E-state index is 5.45. The van der Waals surface area contributed by atoms with Gasteiger partial charge in [0.05, 0.1) is 0 Å². The van der Waals surface area contributed by atoms with Gasteiger partial charge >= 0.3 is 0 Å². The zero-order valence-corrected chi connectivity index (χ0v) is 6.86. The van der Waals surface area contributed by atoms with Crippen molar-refractivity contribution in [2.75, 3.05) is 5.43 Å². The van der Waals surface area contributed by atoms with E-state index in [4.69, 9.17) is 5.73 Å². The lowest BCUT2D eigenvalue weighted by atomic mass is 10.5. The first kappa shape index (κ1) is 8.45. The van der Waals surface area contributed by atoms with Gasteiger partial charge < -0.3 is 5.73 Å². The lowest BCUT2D eigenvalue weighted by Crippen LogP contribution is -2.12. The average molecular weight is 165 g/mol. The SMILES string of the molecule is CC/C(N)=N/Nc1ncccn1. The molecule has 0 bridgehead atoms. The maximum absolute atomic E-state index is 5.45. The molecule has 64 valence electrons.